The second-order valence-corrected chi connectivity index (χ2v) is 4.82. The average molecular weight is 264 g/mol. The number of hydrogen-bond donors (Lipinski definition) is 1. The van der Waals surface area contributed by atoms with E-state index >= 15 is 0 Å². The highest BCUT2D eigenvalue weighted by molar-refractivity contribution is 7.99. The van der Waals surface area contributed by atoms with Gasteiger partial charge in [0.1, 0.15) is 5.03 Å². The van der Waals surface area contributed by atoms with Crippen molar-refractivity contribution in [2.45, 2.75) is 30.1 Å². The van der Waals surface area contributed by atoms with Gasteiger partial charge in [0.15, 0.2) is 0 Å². The molecular formula is C11H16N6S. The molecular weight excluding hydrogens is 248 g/mol. The molecule has 0 bridgehead atoms. The molecule has 2 heterocycles. The highest BCUT2D eigenvalue weighted by atomic mass is 32.2. The molecule has 2 aromatic rings. The van der Waals surface area contributed by atoms with Crippen LogP contribution in [0.5, 0.6) is 0 Å². The third-order valence-corrected chi connectivity index (χ3v) is 3.61. The van der Waals surface area contributed by atoms with Crippen LogP contribution in [0.25, 0.3) is 0 Å². The first kappa shape index (κ1) is 13.0. The number of aromatic nitrogens is 5. The third-order valence-electron chi connectivity index (χ3n) is 2.55. The van der Waals surface area contributed by atoms with E-state index in [4.69, 9.17) is 0 Å². The number of hydrogen-bond acceptors (Lipinski definition) is 6. The van der Waals surface area contributed by atoms with E-state index in [1.54, 1.807) is 10.9 Å². The normalized spacial score (nSPS) is 12.6. The quantitative estimate of drug-likeness (QED) is 0.881. The molecule has 1 atom stereocenters. The Morgan fingerprint density at radius 3 is 3.00 bits per heavy atom. The van der Waals surface area contributed by atoms with E-state index in [0.717, 1.165) is 22.3 Å². The minimum Gasteiger partial charge on any atom is -0.310 e. The standard InChI is InChI=1S/C11H16N6S/c1-4-12-8(2)9-6-5-7-13-10(9)18-11-14-15-16-17(11)3/h5-8,12H,4H2,1-3H3. The molecule has 96 valence electrons. The molecule has 1 unspecified atom stereocenters. The van der Waals surface area contributed by atoms with E-state index in [-0.39, 0.29) is 6.04 Å². The number of aryl methyl sites for hydroxylation is 1. The molecule has 18 heavy (non-hydrogen) atoms. The van der Waals surface area contributed by atoms with Gasteiger partial charge < -0.3 is 5.32 Å². The lowest BCUT2D eigenvalue weighted by Crippen LogP contribution is -2.18. The maximum Gasteiger partial charge on any atom is 0.215 e. The smallest absolute Gasteiger partial charge is 0.215 e. The van der Waals surface area contributed by atoms with Crippen molar-refractivity contribution in [1.29, 1.82) is 0 Å². The van der Waals surface area contributed by atoms with Crippen LogP contribution < -0.4 is 5.32 Å². The molecule has 2 aromatic heterocycles. The first-order chi connectivity index (χ1) is 8.72. The largest absolute Gasteiger partial charge is 0.310 e. The molecule has 0 amide bonds. The van der Waals surface area contributed by atoms with Crippen molar-refractivity contribution in [2.24, 2.45) is 7.05 Å². The van der Waals surface area contributed by atoms with Crippen LogP contribution in [0, 0.1) is 0 Å². The number of pyridine rings is 1. The summed E-state index contributed by atoms with van der Waals surface area (Å²) in [6.07, 6.45) is 1.79. The van der Waals surface area contributed by atoms with E-state index in [1.807, 2.05) is 13.1 Å². The zero-order valence-corrected chi connectivity index (χ0v) is 11.5. The molecule has 0 aliphatic rings. The molecule has 0 radical (unpaired) electrons. The van der Waals surface area contributed by atoms with Crippen molar-refractivity contribution in [3.63, 3.8) is 0 Å². The van der Waals surface area contributed by atoms with Crippen molar-refractivity contribution in [1.82, 2.24) is 30.5 Å². The summed E-state index contributed by atoms with van der Waals surface area (Å²) in [6.45, 7) is 5.14. The molecule has 0 saturated heterocycles. The maximum absolute atomic E-state index is 4.41. The van der Waals surface area contributed by atoms with Crippen LogP contribution in [0.2, 0.25) is 0 Å². The fourth-order valence-corrected chi connectivity index (χ4v) is 2.52. The van der Waals surface area contributed by atoms with E-state index < -0.39 is 0 Å². The van der Waals surface area contributed by atoms with E-state index in [9.17, 15) is 0 Å². The highest BCUT2D eigenvalue weighted by Crippen LogP contribution is 2.29. The molecule has 2 rings (SSSR count). The number of nitrogens with zero attached hydrogens (tertiary/aromatic N) is 5. The molecule has 0 saturated carbocycles. The summed E-state index contributed by atoms with van der Waals surface area (Å²) in [7, 11) is 1.82. The van der Waals surface area contributed by atoms with Gasteiger partial charge in [0, 0.05) is 24.8 Å². The average Bonchev–Trinajstić information content (AvgIpc) is 2.76. The minimum absolute atomic E-state index is 0.257. The van der Waals surface area contributed by atoms with Gasteiger partial charge in [0.2, 0.25) is 5.16 Å². The molecule has 6 nitrogen and oxygen atoms in total. The zero-order chi connectivity index (χ0) is 13.0. The third kappa shape index (κ3) is 2.85. The lowest BCUT2D eigenvalue weighted by molar-refractivity contribution is 0.584. The van der Waals surface area contributed by atoms with Gasteiger partial charge in [-0.05, 0) is 41.7 Å². The molecule has 0 aliphatic carbocycles. The Morgan fingerprint density at radius 1 is 1.50 bits per heavy atom. The van der Waals surface area contributed by atoms with Crippen LogP contribution in [0.1, 0.15) is 25.5 Å². The summed E-state index contributed by atoms with van der Waals surface area (Å²) in [4.78, 5) is 4.41. The Labute approximate surface area is 110 Å². The topological polar surface area (TPSA) is 68.5 Å². The van der Waals surface area contributed by atoms with Gasteiger partial charge in [-0.2, -0.15) is 0 Å². The lowest BCUT2D eigenvalue weighted by Gasteiger charge is -2.15. The molecule has 0 spiro atoms. The van der Waals surface area contributed by atoms with Gasteiger partial charge in [-0.3, -0.25) is 0 Å². The Hall–Kier alpha value is -1.47. The highest BCUT2D eigenvalue weighted by Gasteiger charge is 2.14. The van der Waals surface area contributed by atoms with Gasteiger partial charge >= 0.3 is 0 Å². The predicted octanol–water partition coefficient (Wildman–Crippen LogP) is 1.43. The molecule has 0 aromatic carbocycles. The van der Waals surface area contributed by atoms with Crippen LogP contribution in [-0.4, -0.2) is 31.7 Å². The van der Waals surface area contributed by atoms with Crippen molar-refractivity contribution in [3.8, 4) is 0 Å². The van der Waals surface area contributed by atoms with Gasteiger partial charge in [-0.1, -0.05) is 13.0 Å². The first-order valence-corrected chi connectivity index (χ1v) is 6.62. The second kappa shape index (κ2) is 5.92. The van der Waals surface area contributed by atoms with Crippen LogP contribution in [0.15, 0.2) is 28.5 Å². The van der Waals surface area contributed by atoms with Crippen LogP contribution >= 0.6 is 11.8 Å². The summed E-state index contributed by atoms with van der Waals surface area (Å²) >= 11 is 1.48. The van der Waals surface area contributed by atoms with Crippen LogP contribution in [0.3, 0.4) is 0 Å². The number of nitrogens with one attached hydrogen (secondary N) is 1. The molecule has 1 N–H and O–H groups in total. The van der Waals surface area contributed by atoms with E-state index in [2.05, 4.69) is 45.7 Å². The van der Waals surface area contributed by atoms with Crippen LogP contribution in [-0.2, 0) is 7.05 Å². The predicted molar refractivity (Wildman–Crippen MR) is 69.2 cm³/mol. The summed E-state index contributed by atoms with van der Waals surface area (Å²) in [5.74, 6) is 0. The van der Waals surface area contributed by atoms with E-state index in [0.29, 0.717) is 0 Å². The monoisotopic (exact) mass is 264 g/mol. The van der Waals surface area contributed by atoms with Gasteiger partial charge in [-0.15, -0.1) is 5.10 Å². The summed E-state index contributed by atoms with van der Waals surface area (Å²) in [6, 6.07) is 4.28. The Kier molecular flexibility index (Phi) is 4.27. The van der Waals surface area contributed by atoms with Crippen LogP contribution in [0.4, 0.5) is 0 Å². The fourth-order valence-electron chi connectivity index (χ4n) is 1.63. The van der Waals surface area contributed by atoms with Crippen molar-refractivity contribution < 1.29 is 0 Å². The van der Waals surface area contributed by atoms with Crippen molar-refractivity contribution in [2.75, 3.05) is 6.54 Å². The Bertz CT molecular complexity index is 512. The fraction of sp³-hybridized carbons (Fsp3) is 0.455. The molecule has 0 aliphatic heterocycles. The van der Waals surface area contributed by atoms with E-state index in [1.165, 1.54) is 11.8 Å². The van der Waals surface area contributed by atoms with Crippen molar-refractivity contribution in [3.05, 3.63) is 23.9 Å². The Morgan fingerprint density at radius 2 is 2.33 bits per heavy atom. The first-order valence-electron chi connectivity index (χ1n) is 5.81. The minimum atomic E-state index is 0.257. The number of rotatable bonds is 5. The van der Waals surface area contributed by atoms with Gasteiger partial charge in [0.05, 0.1) is 0 Å². The summed E-state index contributed by atoms with van der Waals surface area (Å²) in [5.41, 5.74) is 1.16. The maximum atomic E-state index is 4.41. The second-order valence-electron chi connectivity index (χ2n) is 3.86. The summed E-state index contributed by atoms with van der Waals surface area (Å²) < 4.78 is 1.64. The number of tetrazole rings is 1. The zero-order valence-electron chi connectivity index (χ0n) is 10.7. The van der Waals surface area contributed by atoms with Gasteiger partial charge in [0.25, 0.3) is 0 Å². The SMILES string of the molecule is CCNC(C)c1cccnc1Sc1nnnn1C. The lowest BCUT2D eigenvalue weighted by atomic mass is 10.1. The van der Waals surface area contributed by atoms with Crippen molar-refractivity contribution >= 4 is 11.8 Å². The van der Waals surface area contributed by atoms with Gasteiger partial charge in [-0.25, -0.2) is 9.67 Å². The Balaban J connectivity index is 2.25. The summed E-state index contributed by atoms with van der Waals surface area (Å²) in [5, 5.41) is 16.5. The molecule has 0 fully saturated rings. The molecule has 7 heteroatoms.